The minimum atomic E-state index is -0.735. The number of nitrogens with two attached hydrogens (primary N) is 1. The van der Waals surface area contributed by atoms with Crippen LogP contribution in [-0.4, -0.2) is 20.4 Å². The molecule has 2 aromatic carbocycles. The summed E-state index contributed by atoms with van der Waals surface area (Å²) in [5.74, 6) is 6.86. The van der Waals surface area contributed by atoms with Gasteiger partial charge in [0.1, 0.15) is 17.7 Å². The summed E-state index contributed by atoms with van der Waals surface area (Å²) in [7, 11) is 0. The second-order valence-electron chi connectivity index (χ2n) is 8.16. The van der Waals surface area contributed by atoms with Crippen LogP contribution in [0.4, 0.5) is 5.69 Å². The number of nitrogens with zero attached hydrogens (tertiary/aromatic N) is 3. The Bertz CT molecular complexity index is 1340. The molecule has 1 aliphatic carbocycles. The zero-order chi connectivity index (χ0) is 21.9. The molecule has 2 heterocycles. The van der Waals surface area contributed by atoms with E-state index < -0.39 is 16.7 Å². The average molecular weight is 419 g/mol. The fourth-order valence-electron chi connectivity index (χ4n) is 4.40. The maximum absolute atomic E-state index is 12.4. The summed E-state index contributed by atoms with van der Waals surface area (Å²) >= 11 is 0. The van der Waals surface area contributed by atoms with Gasteiger partial charge in [-0.3, -0.25) is 9.59 Å². The lowest BCUT2D eigenvalue weighted by atomic mass is 9.65. The number of hydrogen-bond acceptors (Lipinski definition) is 6. The highest BCUT2D eigenvalue weighted by molar-refractivity contribution is 6.07. The summed E-state index contributed by atoms with van der Waals surface area (Å²) in [6.45, 7) is 3.72. The number of nitrogen functional groups attached to an aromatic ring is 1. The van der Waals surface area contributed by atoms with Crippen molar-refractivity contribution in [1.82, 2.24) is 14.5 Å². The van der Waals surface area contributed by atoms with Crippen molar-refractivity contribution in [3.63, 3.8) is 0 Å². The van der Waals surface area contributed by atoms with Crippen molar-refractivity contribution in [2.75, 3.05) is 11.2 Å². The number of benzene rings is 2. The number of aryl methyl sites for hydroxylation is 2. The number of carbonyl (C=O) groups is 1. The van der Waals surface area contributed by atoms with Gasteiger partial charge in [-0.05, 0) is 73.7 Å². The van der Waals surface area contributed by atoms with E-state index in [0.717, 1.165) is 52.5 Å². The van der Waals surface area contributed by atoms with Crippen LogP contribution in [0.1, 0.15) is 36.0 Å². The van der Waals surface area contributed by atoms with E-state index in [-0.39, 0.29) is 5.91 Å². The summed E-state index contributed by atoms with van der Waals surface area (Å²) in [5.41, 5.74) is 2.06. The van der Waals surface area contributed by atoms with E-state index in [0.29, 0.717) is 21.9 Å². The molecule has 0 bridgehead atoms. The minimum Gasteiger partial charge on any atom is -0.457 e. The third kappa shape index (κ3) is 2.77. The van der Waals surface area contributed by atoms with Crippen LogP contribution in [0, 0.1) is 13.8 Å². The topological polar surface area (TPSA) is 121 Å². The first-order valence-electron chi connectivity index (χ1n) is 10.0. The third-order valence-electron chi connectivity index (χ3n) is 6.21. The Morgan fingerprint density at radius 1 is 1.10 bits per heavy atom. The molecule has 1 spiro atoms. The normalized spacial score (nSPS) is 16.0. The number of hydrogen-bond donors (Lipinski definition) is 2. The number of nitrogens with one attached hydrogen (secondary N) is 1. The van der Waals surface area contributed by atoms with Gasteiger partial charge in [0.25, 0.3) is 5.56 Å². The van der Waals surface area contributed by atoms with Gasteiger partial charge in [-0.1, -0.05) is 6.42 Å². The van der Waals surface area contributed by atoms with Gasteiger partial charge in [0.2, 0.25) is 5.91 Å². The average Bonchev–Trinajstić information content (AvgIpc) is 3.00. The van der Waals surface area contributed by atoms with Gasteiger partial charge in [0.15, 0.2) is 0 Å². The van der Waals surface area contributed by atoms with Crippen LogP contribution >= 0.6 is 0 Å². The van der Waals surface area contributed by atoms with Gasteiger partial charge < -0.3 is 15.9 Å². The van der Waals surface area contributed by atoms with Crippen molar-refractivity contribution in [3.8, 4) is 17.2 Å². The van der Waals surface area contributed by atoms with Crippen LogP contribution in [0.5, 0.6) is 11.5 Å². The fraction of sp³-hybridized carbons (Fsp3) is 0.273. The monoisotopic (exact) mass is 419 g/mol. The van der Waals surface area contributed by atoms with Gasteiger partial charge in [0.05, 0.1) is 11.1 Å². The van der Waals surface area contributed by atoms with Crippen LogP contribution in [0.25, 0.3) is 5.69 Å². The number of amides is 1. The number of carbonyl (C=O) groups excluding carboxylic acids is 1. The molecule has 158 valence electrons. The molecule has 1 aliphatic heterocycles. The summed E-state index contributed by atoms with van der Waals surface area (Å²) in [5, 5.41) is 6.87. The molecule has 2 aliphatic rings. The lowest BCUT2D eigenvalue weighted by Gasteiger charge is -2.36. The highest BCUT2D eigenvalue weighted by Gasteiger charge is 2.51. The van der Waals surface area contributed by atoms with E-state index >= 15 is 0 Å². The number of fused-ring (bicyclic) bond motifs is 2. The fourth-order valence-corrected chi connectivity index (χ4v) is 4.40. The molecule has 0 unspecified atom stereocenters. The van der Waals surface area contributed by atoms with Crippen LogP contribution in [-0.2, 0) is 10.2 Å². The molecule has 1 aromatic heterocycles. The Labute approximate surface area is 177 Å². The molecule has 1 saturated carbocycles. The predicted molar refractivity (Wildman–Crippen MR) is 114 cm³/mol. The first-order chi connectivity index (χ1) is 14.8. The van der Waals surface area contributed by atoms with Crippen molar-refractivity contribution in [3.05, 3.63) is 74.1 Å². The van der Waals surface area contributed by atoms with E-state index in [2.05, 4.69) is 10.4 Å². The molecule has 0 atom stereocenters. The minimum absolute atomic E-state index is 0.0711. The lowest BCUT2D eigenvalue weighted by Crippen LogP contribution is -2.44. The zero-order valence-corrected chi connectivity index (χ0v) is 17.1. The van der Waals surface area contributed by atoms with Crippen molar-refractivity contribution in [1.29, 1.82) is 0 Å². The summed E-state index contributed by atoms with van der Waals surface area (Å²) in [6, 6.07) is 9.14. The van der Waals surface area contributed by atoms with Gasteiger partial charge in [0, 0.05) is 5.69 Å². The molecule has 3 aromatic rings. The summed E-state index contributed by atoms with van der Waals surface area (Å²) in [6.07, 6.45) is 3.74. The maximum atomic E-state index is 12.4. The van der Waals surface area contributed by atoms with Crippen molar-refractivity contribution in [2.45, 2.75) is 38.5 Å². The second kappa shape index (κ2) is 6.56. The van der Waals surface area contributed by atoms with Gasteiger partial charge in [-0.2, -0.15) is 14.5 Å². The number of anilines is 1. The molecule has 0 saturated heterocycles. The highest BCUT2D eigenvalue weighted by Crippen LogP contribution is 2.52. The van der Waals surface area contributed by atoms with E-state index in [1.807, 2.05) is 32.0 Å². The van der Waals surface area contributed by atoms with E-state index in [9.17, 15) is 14.4 Å². The SMILES string of the molecule is Cc1cc(-n2ncc(=O)n(N)c2=O)cc(C)c1Oc1ccc2c(c1)C1(CCC1)C(=O)N2. The molecular formula is C22H21N5O4. The number of ether oxygens (including phenoxy) is 1. The van der Waals surface area contributed by atoms with Crippen LogP contribution in [0.3, 0.4) is 0 Å². The smallest absolute Gasteiger partial charge is 0.370 e. The molecule has 9 heteroatoms. The Morgan fingerprint density at radius 2 is 1.81 bits per heavy atom. The predicted octanol–water partition coefficient (Wildman–Crippen LogP) is 1.89. The molecule has 1 fully saturated rings. The van der Waals surface area contributed by atoms with Crippen molar-refractivity contribution in [2.24, 2.45) is 0 Å². The first-order valence-corrected chi connectivity index (χ1v) is 10.0. The van der Waals surface area contributed by atoms with Gasteiger partial charge in [-0.25, -0.2) is 4.79 Å². The van der Waals surface area contributed by atoms with Crippen molar-refractivity contribution >= 4 is 11.6 Å². The number of rotatable bonds is 3. The lowest BCUT2D eigenvalue weighted by molar-refractivity contribution is -0.123. The first kappa shape index (κ1) is 19.1. The second-order valence-corrected chi connectivity index (χ2v) is 8.16. The van der Waals surface area contributed by atoms with Gasteiger partial charge in [-0.15, -0.1) is 0 Å². The Kier molecular flexibility index (Phi) is 4.04. The standard InChI is InChI=1S/C22H21N5O4/c1-12-8-14(27-21(30)26(23)18(28)11-24-27)9-13(2)19(12)31-15-4-5-17-16(10-15)22(6-3-7-22)20(29)25-17/h4-5,8-11H,3,6-7,23H2,1-2H3,(H,25,29). The van der Waals surface area contributed by atoms with E-state index in [4.69, 9.17) is 10.6 Å². The van der Waals surface area contributed by atoms with Crippen LogP contribution < -0.4 is 27.1 Å². The largest absolute Gasteiger partial charge is 0.457 e. The molecular weight excluding hydrogens is 398 g/mol. The zero-order valence-electron chi connectivity index (χ0n) is 17.1. The molecule has 31 heavy (non-hydrogen) atoms. The van der Waals surface area contributed by atoms with Crippen molar-refractivity contribution < 1.29 is 9.53 Å². The Hall–Kier alpha value is -3.88. The van der Waals surface area contributed by atoms with Crippen LogP contribution in [0.15, 0.2) is 46.1 Å². The third-order valence-corrected chi connectivity index (χ3v) is 6.21. The van der Waals surface area contributed by atoms with Gasteiger partial charge >= 0.3 is 5.69 Å². The maximum Gasteiger partial charge on any atom is 0.370 e. The van der Waals surface area contributed by atoms with E-state index in [1.165, 1.54) is 0 Å². The van der Waals surface area contributed by atoms with Crippen LogP contribution in [0.2, 0.25) is 0 Å². The Balaban J connectivity index is 1.51. The number of aromatic nitrogens is 3. The highest BCUT2D eigenvalue weighted by atomic mass is 16.5. The molecule has 3 N–H and O–H groups in total. The molecule has 0 radical (unpaired) electrons. The van der Waals surface area contributed by atoms with E-state index in [1.54, 1.807) is 12.1 Å². The summed E-state index contributed by atoms with van der Waals surface area (Å²) < 4.78 is 7.78. The quantitative estimate of drug-likeness (QED) is 0.626. The molecule has 5 rings (SSSR count). The molecule has 1 amide bonds. The summed E-state index contributed by atoms with van der Waals surface area (Å²) in [4.78, 5) is 36.2. The molecule has 9 nitrogen and oxygen atoms in total. The Morgan fingerprint density at radius 3 is 2.45 bits per heavy atom.